The molecule has 18 heavy (non-hydrogen) atoms. The van der Waals surface area contributed by atoms with E-state index in [0.29, 0.717) is 17.2 Å². The van der Waals surface area contributed by atoms with Gasteiger partial charge in [-0.25, -0.2) is 0 Å². The van der Waals surface area contributed by atoms with Crippen molar-refractivity contribution < 1.29 is 14.3 Å². The Morgan fingerprint density at radius 2 is 2.17 bits per heavy atom. The second kappa shape index (κ2) is 5.97. The normalized spacial score (nSPS) is 18.4. The Balaban J connectivity index is 2.06. The second-order valence-corrected chi connectivity index (χ2v) is 4.86. The zero-order valence-electron chi connectivity index (χ0n) is 10.4. The molecule has 1 heterocycles. The Kier molecular flexibility index (Phi) is 4.33. The van der Waals surface area contributed by atoms with Crippen molar-refractivity contribution in [2.45, 2.75) is 6.04 Å². The maximum Gasteiger partial charge on any atom is 0.242 e. The van der Waals surface area contributed by atoms with Gasteiger partial charge in [0.2, 0.25) is 5.91 Å². The van der Waals surface area contributed by atoms with Crippen LogP contribution >= 0.6 is 11.8 Å². The van der Waals surface area contributed by atoms with Crippen molar-refractivity contribution >= 4 is 23.4 Å². The molecule has 1 amide bonds. The van der Waals surface area contributed by atoms with E-state index in [9.17, 15) is 4.79 Å². The predicted molar refractivity (Wildman–Crippen MR) is 72.4 cm³/mol. The molecule has 1 saturated heterocycles. The van der Waals surface area contributed by atoms with Crippen LogP contribution in [0.4, 0.5) is 5.69 Å². The van der Waals surface area contributed by atoms with E-state index in [2.05, 4.69) is 10.6 Å². The molecule has 0 bridgehead atoms. The number of amides is 1. The minimum absolute atomic E-state index is 0.0211. The molecule has 0 spiro atoms. The fraction of sp³-hybridized carbons (Fsp3) is 0.417. The van der Waals surface area contributed by atoms with E-state index in [1.165, 1.54) is 0 Å². The van der Waals surface area contributed by atoms with Crippen LogP contribution in [0, 0.1) is 0 Å². The van der Waals surface area contributed by atoms with Gasteiger partial charge in [-0.2, -0.15) is 0 Å². The summed E-state index contributed by atoms with van der Waals surface area (Å²) in [5.41, 5.74) is 0.705. The molecule has 1 atom stereocenters. The van der Waals surface area contributed by atoms with Crippen molar-refractivity contribution in [2.24, 2.45) is 0 Å². The van der Waals surface area contributed by atoms with Gasteiger partial charge < -0.3 is 14.8 Å². The number of methoxy groups -OCH3 is 2. The zero-order valence-corrected chi connectivity index (χ0v) is 11.2. The highest BCUT2D eigenvalue weighted by molar-refractivity contribution is 7.99. The van der Waals surface area contributed by atoms with Crippen LogP contribution < -0.4 is 20.1 Å². The predicted octanol–water partition coefficient (Wildman–Crippen LogP) is 1.30. The first-order valence-corrected chi connectivity index (χ1v) is 6.74. The molecule has 6 heteroatoms. The van der Waals surface area contributed by atoms with Crippen LogP contribution in [0.5, 0.6) is 11.5 Å². The van der Waals surface area contributed by atoms with Gasteiger partial charge in [0.25, 0.3) is 0 Å². The Morgan fingerprint density at radius 3 is 2.78 bits per heavy atom. The van der Waals surface area contributed by atoms with Gasteiger partial charge in [0.1, 0.15) is 0 Å². The number of benzene rings is 1. The smallest absolute Gasteiger partial charge is 0.242 e. The molecule has 0 saturated carbocycles. The maximum absolute atomic E-state index is 11.9. The van der Waals surface area contributed by atoms with Gasteiger partial charge in [0, 0.05) is 23.4 Å². The number of hydrogen-bond acceptors (Lipinski definition) is 5. The molecule has 2 N–H and O–H groups in total. The van der Waals surface area contributed by atoms with Crippen molar-refractivity contribution in [3.8, 4) is 11.5 Å². The van der Waals surface area contributed by atoms with E-state index in [1.54, 1.807) is 44.2 Å². The third kappa shape index (κ3) is 2.88. The van der Waals surface area contributed by atoms with Crippen LogP contribution in [0.25, 0.3) is 0 Å². The zero-order chi connectivity index (χ0) is 13.0. The molecule has 1 aliphatic rings. The van der Waals surface area contributed by atoms with Crippen LogP contribution in [0.1, 0.15) is 0 Å². The summed E-state index contributed by atoms with van der Waals surface area (Å²) in [4.78, 5) is 11.9. The molecule has 0 aliphatic carbocycles. The lowest BCUT2D eigenvalue weighted by molar-refractivity contribution is -0.117. The van der Waals surface area contributed by atoms with Crippen molar-refractivity contribution in [1.82, 2.24) is 5.32 Å². The van der Waals surface area contributed by atoms with E-state index >= 15 is 0 Å². The monoisotopic (exact) mass is 268 g/mol. The van der Waals surface area contributed by atoms with Gasteiger partial charge in [0.15, 0.2) is 11.5 Å². The average Bonchev–Trinajstić information content (AvgIpc) is 2.92. The summed E-state index contributed by atoms with van der Waals surface area (Å²) in [6, 6.07) is 5.19. The first-order chi connectivity index (χ1) is 8.74. The second-order valence-electron chi connectivity index (χ2n) is 3.83. The minimum atomic E-state index is -0.122. The molecular formula is C12H16N2O3S. The first kappa shape index (κ1) is 13.0. The number of nitrogens with one attached hydrogen (secondary N) is 2. The van der Waals surface area contributed by atoms with Gasteiger partial charge in [-0.3, -0.25) is 10.1 Å². The molecule has 1 aliphatic heterocycles. The third-order valence-corrected chi connectivity index (χ3v) is 3.62. The Bertz CT molecular complexity index is 433. The quantitative estimate of drug-likeness (QED) is 0.862. The average molecular weight is 268 g/mol. The van der Waals surface area contributed by atoms with Crippen LogP contribution in [0.3, 0.4) is 0 Å². The SMILES string of the molecule is COc1ccc(NC(=O)C2CSCN2)cc1OC. The molecular weight excluding hydrogens is 252 g/mol. The Morgan fingerprint density at radius 1 is 1.39 bits per heavy atom. The summed E-state index contributed by atoms with van der Waals surface area (Å²) < 4.78 is 10.3. The lowest BCUT2D eigenvalue weighted by Gasteiger charge is -2.13. The third-order valence-electron chi connectivity index (χ3n) is 2.68. The van der Waals surface area contributed by atoms with E-state index in [0.717, 1.165) is 11.6 Å². The number of hydrogen-bond donors (Lipinski definition) is 2. The van der Waals surface area contributed by atoms with Gasteiger partial charge in [0.05, 0.1) is 20.3 Å². The molecule has 5 nitrogen and oxygen atoms in total. The number of carbonyl (C=O) groups is 1. The van der Waals surface area contributed by atoms with Crippen molar-refractivity contribution in [3.63, 3.8) is 0 Å². The molecule has 1 aromatic carbocycles. The van der Waals surface area contributed by atoms with E-state index in [4.69, 9.17) is 9.47 Å². The molecule has 2 rings (SSSR count). The van der Waals surface area contributed by atoms with Crippen molar-refractivity contribution in [2.75, 3.05) is 31.2 Å². The lowest BCUT2D eigenvalue weighted by atomic mass is 10.2. The Hall–Kier alpha value is -1.40. The van der Waals surface area contributed by atoms with Crippen LogP contribution in [0.2, 0.25) is 0 Å². The van der Waals surface area contributed by atoms with Gasteiger partial charge in [-0.1, -0.05) is 0 Å². The van der Waals surface area contributed by atoms with Crippen molar-refractivity contribution in [3.05, 3.63) is 18.2 Å². The van der Waals surface area contributed by atoms with Gasteiger partial charge in [-0.15, -0.1) is 11.8 Å². The molecule has 1 fully saturated rings. The highest BCUT2D eigenvalue weighted by Gasteiger charge is 2.22. The van der Waals surface area contributed by atoms with Crippen molar-refractivity contribution in [1.29, 1.82) is 0 Å². The van der Waals surface area contributed by atoms with E-state index in [1.807, 2.05) is 0 Å². The summed E-state index contributed by atoms with van der Waals surface area (Å²) in [6.07, 6.45) is 0. The molecule has 1 unspecified atom stereocenters. The largest absolute Gasteiger partial charge is 0.493 e. The van der Waals surface area contributed by atoms with Crippen LogP contribution in [0.15, 0.2) is 18.2 Å². The van der Waals surface area contributed by atoms with E-state index in [-0.39, 0.29) is 11.9 Å². The molecule has 98 valence electrons. The highest BCUT2D eigenvalue weighted by Crippen LogP contribution is 2.29. The summed E-state index contributed by atoms with van der Waals surface area (Å²) in [6.45, 7) is 0. The van der Waals surface area contributed by atoms with Gasteiger partial charge >= 0.3 is 0 Å². The topological polar surface area (TPSA) is 59.6 Å². The summed E-state index contributed by atoms with van der Waals surface area (Å²) >= 11 is 1.72. The molecule has 0 aromatic heterocycles. The number of thioether (sulfide) groups is 1. The fourth-order valence-electron chi connectivity index (χ4n) is 1.71. The lowest BCUT2D eigenvalue weighted by Crippen LogP contribution is -2.37. The summed E-state index contributed by atoms with van der Waals surface area (Å²) in [7, 11) is 3.15. The Labute approximate surface area is 110 Å². The van der Waals surface area contributed by atoms with E-state index < -0.39 is 0 Å². The maximum atomic E-state index is 11.9. The first-order valence-electron chi connectivity index (χ1n) is 5.58. The number of rotatable bonds is 4. The highest BCUT2D eigenvalue weighted by atomic mass is 32.2. The van der Waals surface area contributed by atoms with Crippen LogP contribution in [-0.2, 0) is 4.79 Å². The fourth-order valence-corrected chi connectivity index (χ4v) is 2.65. The standard InChI is InChI=1S/C12H16N2O3S/c1-16-10-4-3-8(5-11(10)17-2)14-12(15)9-6-18-7-13-9/h3-5,9,13H,6-7H2,1-2H3,(H,14,15). The summed E-state index contributed by atoms with van der Waals surface area (Å²) in [5.74, 6) is 2.85. The number of ether oxygens (including phenoxy) is 2. The summed E-state index contributed by atoms with van der Waals surface area (Å²) in [5, 5.41) is 5.98. The molecule has 1 aromatic rings. The van der Waals surface area contributed by atoms with Crippen LogP contribution in [-0.4, -0.2) is 37.8 Å². The number of carbonyl (C=O) groups excluding carboxylic acids is 1. The number of anilines is 1. The molecule has 0 radical (unpaired) electrons. The minimum Gasteiger partial charge on any atom is -0.493 e. The van der Waals surface area contributed by atoms with Gasteiger partial charge in [-0.05, 0) is 12.1 Å².